The number of primary amides is 1. The minimum absolute atomic E-state index is 0.109. The lowest BCUT2D eigenvalue weighted by Gasteiger charge is -2.15. The molecule has 0 aliphatic rings. The Hall–Kier alpha value is -1.88. The lowest BCUT2D eigenvalue weighted by Crippen LogP contribution is -2.44. The number of nitrogens with one attached hydrogen (secondary N) is 1. The molecule has 0 saturated heterocycles. The van der Waals surface area contributed by atoms with Gasteiger partial charge < -0.3 is 16.8 Å². The number of hydrogen-bond acceptors (Lipinski definition) is 3. The van der Waals surface area contributed by atoms with E-state index in [2.05, 4.69) is 5.32 Å². The predicted octanol–water partition coefficient (Wildman–Crippen LogP) is 0.428. The second-order valence-corrected chi connectivity index (χ2v) is 4.88. The van der Waals surface area contributed by atoms with E-state index in [1.54, 1.807) is 18.2 Å². The van der Waals surface area contributed by atoms with Gasteiger partial charge in [0.2, 0.25) is 11.8 Å². The van der Waals surface area contributed by atoms with Crippen molar-refractivity contribution in [2.24, 2.45) is 17.4 Å². The minimum Gasteiger partial charge on any atom is -0.366 e. The normalized spacial score (nSPS) is 12.2. The van der Waals surface area contributed by atoms with E-state index >= 15 is 0 Å². The second kappa shape index (κ2) is 6.89. The fourth-order valence-corrected chi connectivity index (χ4v) is 1.63. The van der Waals surface area contributed by atoms with Gasteiger partial charge in [-0.2, -0.15) is 0 Å². The molecule has 0 heterocycles. The van der Waals surface area contributed by atoms with Gasteiger partial charge in [0.1, 0.15) is 0 Å². The Bertz CT molecular complexity index is 458. The molecule has 0 bridgehead atoms. The monoisotopic (exact) mass is 263 g/mol. The van der Waals surface area contributed by atoms with Gasteiger partial charge in [-0.05, 0) is 30.0 Å². The molecular formula is C14H21N3O2. The molecule has 1 atom stereocenters. The molecule has 2 amide bonds. The first-order valence-corrected chi connectivity index (χ1v) is 6.34. The summed E-state index contributed by atoms with van der Waals surface area (Å²) in [5.41, 5.74) is 12.4. The molecule has 0 aliphatic carbocycles. The van der Waals surface area contributed by atoms with Crippen molar-refractivity contribution < 1.29 is 9.59 Å². The van der Waals surface area contributed by atoms with E-state index in [-0.39, 0.29) is 11.8 Å². The van der Waals surface area contributed by atoms with Crippen LogP contribution >= 0.6 is 0 Å². The highest BCUT2D eigenvalue weighted by molar-refractivity contribution is 5.92. The Morgan fingerprint density at radius 3 is 2.58 bits per heavy atom. The van der Waals surface area contributed by atoms with Crippen molar-refractivity contribution in [2.75, 3.05) is 6.54 Å². The third kappa shape index (κ3) is 4.71. The van der Waals surface area contributed by atoms with Gasteiger partial charge in [0.15, 0.2) is 0 Å². The molecule has 1 aromatic carbocycles. The van der Waals surface area contributed by atoms with E-state index in [0.717, 1.165) is 5.56 Å². The third-order valence-electron chi connectivity index (χ3n) is 2.95. The van der Waals surface area contributed by atoms with Crippen LogP contribution in [0.4, 0.5) is 0 Å². The first-order chi connectivity index (χ1) is 8.91. The van der Waals surface area contributed by atoms with Crippen LogP contribution in [-0.4, -0.2) is 24.4 Å². The SMILES string of the molecule is CC(C)[C@H](N)C(=O)NCCc1cccc(C(N)=O)c1. The summed E-state index contributed by atoms with van der Waals surface area (Å²) < 4.78 is 0. The smallest absolute Gasteiger partial charge is 0.248 e. The molecule has 19 heavy (non-hydrogen) atoms. The lowest BCUT2D eigenvalue weighted by molar-refractivity contribution is -0.123. The van der Waals surface area contributed by atoms with Crippen LogP contribution in [0.1, 0.15) is 29.8 Å². The highest BCUT2D eigenvalue weighted by Gasteiger charge is 2.16. The summed E-state index contributed by atoms with van der Waals surface area (Å²) in [5.74, 6) is -0.494. The summed E-state index contributed by atoms with van der Waals surface area (Å²) in [6, 6.07) is 6.57. The van der Waals surface area contributed by atoms with Gasteiger partial charge in [-0.15, -0.1) is 0 Å². The number of carbonyl (C=O) groups is 2. The van der Waals surface area contributed by atoms with E-state index in [9.17, 15) is 9.59 Å². The molecule has 5 nitrogen and oxygen atoms in total. The number of amides is 2. The summed E-state index contributed by atoms with van der Waals surface area (Å²) in [5, 5.41) is 2.78. The maximum absolute atomic E-state index is 11.6. The van der Waals surface area contributed by atoms with Crippen molar-refractivity contribution in [3.05, 3.63) is 35.4 Å². The van der Waals surface area contributed by atoms with Gasteiger partial charge in [0, 0.05) is 12.1 Å². The molecule has 1 rings (SSSR count). The third-order valence-corrected chi connectivity index (χ3v) is 2.95. The second-order valence-electron chi connectivity index (χ2n) is 4.88. The highest BCUT2D eigenvalue weighted by Crippen LogP contribution is 2.05. The standard InChI is InChI=1S/C14H21N3O2/c1-9(2)12(15)14(19)17-7-6-10-4-3-5-11(8-10)13(16)18/h3-5,8-9,12H,6-7,15H2,1-2H3,(H2,16,18)(H,17,19)/t12-/m0/s1. The summed E-state index contributed by atoms with van der Waals surface area (Å²) >= 11 is 0. The van der Waals surface area contributed by atoms with Crippen LogP contribution in [0.5, 0.6) is 0 Å². The molecule has 1 aromatic rings. The summed E-state index contributed by atoms with van der Waals surface area (Å²) in [7, 11) is 0. The maximum atomic E-state index is 11.6. The summed E-state index contributed by atoms with van der Waals surface area (Å²) in [4.78, 5) is 22.7. The molecule has 0 fully saturated rings. The van der Waals surface area contributed by atoms with Crippen molar-refractivity contribution in [3.63, 3.8) is 0 Å². The highest BCUT2D eigenvalue weighted by atomic mass is 16.2. The zero-order valence-electron chi connectivity index (χ0n) is 11.3. The Labute approximate surface area is 113 Å². The van der Waals surface area contributed by atoms with Crippen LogP contribution in [0.3, 0.4) is 0 Å². The predicted molar refractivity (Wildman–Crippen MR) is 74.5 cm³/mol. The van der Waals surface area contributed by atoms with E-state index in [0.29, 0.717) is 18.5 Å². The Kier molecular flexibility index (Phi) is 5.51. The average molecular weight is 263 g/mol. The molecule has 104 valence electrons. The number of carbonyl (C=O) groups excluding carboxylic acids is 2. The van der Waals surface area contributed by atoms with Gasteiger partial charge in [-0.25, -0.2) is 0 Å². The first kappa shape index (κ1) is 15.2. The molecule has 0 saturated carbocycles. The van der Waals surface area contributed by atoms with Crippen LogP contribution in [0.2, 0.25) is 0 Å². The van der Waals surface area contributed by atoms with E-state index in [1.807, 2.05) is 19.9 Å². The largest absolute Gasteiger partial charge is 0.366 e. The maximum Gasteiger partial charge on any atom is 0.248 e. The fraction of sp³-hybridized carbons (Fsp3) is 0.429. The van der Waals surface area contributed by atoms with Gasteiger partial charge in [-0.1, -0.05) is 26.0 Å². The van der Waals surface area contributed by atoms with Crippen LogP contribution in [0.25, 0.3) is 0 Å². The van der Waals surface area contributed by atoms with Crippen LogP contribution in [-0.2, 0) is 11.2 Å². The Morgan fingerprint density at radius 1 is 1.32 bits per heavy atom. The van der Waals surface area contributed by atoms with Crippen LogP contribution < -0.4 is 16.8 Å². The summed E-state index contributed by atoms with van der Waals surface area (Å²) in [6.07, 6.45) is 0.637. The topological polar surface area (TPSA) is 98.2 Å². The lowest BCUT2D eigenvalue weighted by atomic mass is 10.0. The molecule has 0 aromatic heterocycles. The quantitative estimate of drug-likeness (QED) is 0.694. The molecule has 0 unspecified atom stereocenters. The zero-order chi connectivity index (χ0) is 14.4. The molecule has 0 spiro atoms. The van der Waals surface area contributed by atoms with Crippen molar-refractivity contribution in [1.29, 1.82) is 0 Å². The Balaban J connectivity index is 2.47. The van der Waals surface area contributed by atoms with Crippen molar-refractivity contribution in [3.8, 4) is 0 Å². The zero-order valence-corrected chi connectivity index (χ0v) is 11.3. The van der Waals surface area contributed by atoms with Crippen molar-refractivity contribution >= 4 is 11.8 Å². The number of hydrogen-bond donors (Lipinski definition) is 3. The van der Waals surface area contributed by atoms with Gasteiger partial charge in [-0.3, -0.25) is 9.59 Å². The molecule has 0 aliphatic heterocycles. The number of rotatable bonds is 6. The minimum atomic E-state index is -0.489. The molecule has 5 heteroatoms. The fourth-order valence-electron chi connectivity index (χ4n) is 1.63. The van der Waals surface area contributed by atoms with E-state index in [1.165, 1.54) is 0 Å². The van der Waals surface area contributed by atoms with Crippen LogP contribution in [0.15, 0.2) is 24.3 Å². The van der Waals surface area contributed by atoms with Gasteiger partial charge in [0.25, 0.3) is 0 Å². The van der Waals surface area contributed by atoms with Gasteiger partial charge in [0.05, 0.1) is 6.04 Å². The van der Waals surface area contributed by atoms with Crippen molar-refractivity contribution in [1.82, 2.24) is 5.32 Å². The Morgan fingerprint density at radius 2 is 2.00 bits per heavy atom. The first-order valence-electron chi connectivity index (χ1n) is 6.34. The van der Waals surface area contributed by atoms with Crippen molar-refractivity contribution in [2.45, 2.75) is 26.3 Å². The van der Waals surface area contributed by atoms with E-state index < -0.39 is 11.9 Å². The van der Waals surface area contributed by atoms with E-state index in [4.69, 9.17) is 11.5 Å². The molecular weight excluding hydrogens is 242 g/mol. The molecule has 5 N–H and O–H groups in total. The molecule has 0 radical (unpaired) electrons. The van der Waals surface area contributed by atoms with Crippen LogP contribution in [0, 0.1) is 5.92 Å². The average Bonchev–Trinajstić information content (AvgIpc) is 2.37. The van der Waals surface area contributed by atoms with Gasteiger partial charge >= 0.3 is 0 Å². The number of benzene rings is 1. The summed E-state index contributed by atoms with van der Waals surface area (Å²) in [6.45, 7) is 4.29. The number of nitrogens with two attached hydrogens (primary N) is 2.